The number of rotatable bonds is 9. The molecule has 1 amide bonds. The third-order valence-electron chi connectivity index (χ3n) is 4.33. The molecule has 0 bridgehead atoms. The highest BCUT2D eigenvalue weighted by Crippen LogP contribution is 2.27. The van der Waals surface area contributed by atoms with Gasteiger partial charge in [-0.3, -0.25) is 4.79 Å². The number of benzene rings is 2. The molecule has 0 heterocycles. The van der Waals surface area contributed by atoms with Crippen molar-refractivity contribution in [2.45, 2.75) is 33.2 Å². The van der Waals surface area contributed by atoms with Crippen molar-refractivity contribution in [3.8, 4) is 11.5 Å². The number of para-hydroxylation sites is 1. The van der Waals surface area contributed by atoms with Crippen LogP contribution in [-0.2, 0) is 17.8 Å². The van der Waals surface area contributed by atoms with Crippen molar-refractivity contribution >= 4 is 11.6 Å². The van der Waals surface area contributed by atoms with Crippen LogP contribution >= 0.6 is 0 Å². The maximum Gasteiger partial charge on any atom is 0.222 e. The van der Waals surface area contributed by atoms with Crippen molar-refractivity contribution in [2.75, 3.05) is 26.1 Å². The maximum absolute atomic E-state index is 12.1. The van der Waals surface area contributed by atoms with E-state index in [1.165, 1.54) is 11.1 Å². The van der Waals surface area contributed by atoms with E-state index in [-0.39, 0.29) is 5.91 Å². The fraction of sp³-hybridized carbons (Fsp3) is 0.381. The average molecular weight is 356 g/mol. The van der Waals surface area contributed by atoms with Gasteiger partial charge in [-0.15, -0.1) is 0 Å². The molecule has 0 unspecified atom stereocenters. The molecular formula is C21H28N2O3. The molecule has 0 aliphatic heterocycles. The highest BCUT2D eigenvalue weighted by Gasteiger charge is 2.07. The van der Waals surface area contributed by atoms with Crippen LogP contribution in [0.4, 0.5) is 5.69 Å². The van der Waals surface area contributed by atoms with Gasteiger partial charge in [-0.2, -0.15) is 0 Å². The van der Waals surface area contributed by atoms with Gasteiger partial charge in [-0.05, 0) is 42.2 Å². The number of aryl methyl sites for hydroxylation is 2. The highest BCUT2D eigenvalue weighted by molar-refractivity contribution is 5.76. The first-order chi connectivity index (χ1) is 12.6. The minimum atomic E-state index is 0.0129. The van der Waals surface area contributed by atoms with E-state index in [0.717, 1.165) is 17.7 Å². The molecule has 26 heavy (non-hydrogen) atoms. The van der Waals surface area contributed by atoms with Crippen molar-refractivity contribution in [2.24, 2.45) is 0 Å². The first-order valence-corrected chi connectivity index (χ1v) is 8.89. The molecule has 2 aromatic rings. The van der Waals surface area contributed by atoms with Gasteiger partial charge in [0.15, 0.2) is 11.5 Å². The number of hydrogen-bond acceptors (Lipinski definition) is 4. The number of amides is 1. The van der Waals surface area contributed by atoms with Crippen LogP contribution in [0.5, 0.6) is 11.5 Å². The summed E-state index contributed by atoms with van der Waals surface area (Å²) < 4.78 is 10.5. The molecule has 0 aliphatic carbocycles. The monoisotopic (exact) mass is 356 g/mol. The van der Waals surface area contributed by atoms with Crippen molar-refractivity contribution < 1.29 is 14.3 Å². The summed E-state index contributed by atoms with van der Waals surface area (Å²) >= 11 is 0. The van der Waals surface area contributed by atoms with Gasteiger partial charge in [-0.1, -0.05) is 31.2 Å². The Morgan fingerprint density at radius 3 is 2.54 bits per heavy atom. The minimum absolute atomic E-state index is 0.0129. The summed E-state index contributed by atoms with van der Waals surface area (Å²) in [6.45, 7) is 5.29. The molecule has 0 atom stereocenters. The Hall–Kier alpha value is -2.69. The molecule has 0 aromatic heterocycles. The third kappa shape index (κ3) is 5.15. The smallest absolute Gasteiger partial charge is 0.222 e. The molecule has 5 heteroatoms. The lowest BCUT2D eigenvalue weighted by Gasteiger charge is -2.14. The van der Waals surface area contributed by atoms with E-state index in [0.29, 0.717) is 31.0 Å². The molecule has 0 saturated carbocycles. The van der Waals surface area contributed by atoms with E-state index in [2.05, 4.69) is 42.7 Å². The van der Waals surface area contributed by atoms with Crippen molar-refractivity contribution in [1.29, 1.82) is 0 Å². The summed E-state index contributed by atoms with van der Waals surface area (Å²) in [4.78, 5) is 12.1. The highest BCUT2D eigenvalue weighted by atomic mass is 16.5. The summed E-state index contributed by atoms with van der Waals surface area (Å²) in [5.41, 5.74) is 4.59. The molecule has 0 aliphatic rings. The zero-order chi connectivity index (χ0) is 18.9. The molecule has 140 valence electrons. The van der Waals surface area contributed by atoms with E-state index in [1.807, 2.05) is 18.2 Å². The second kappa shape index (κ2) is 9.70. The molecule has 2 rings (SSSR count). The van der Waals surface area contributed by atoms with E-state index in [4.69, 9.17) is 9.47 Å². The van der Waals surface area contributed by atoms with Gasteiger partial charge in [0, 0.05) is 25.2 Å². The zero-order valence-corrected chi connectivity index (χ0v) is 16.0. The maximum atomic E-state index is 12.1. The summed E-state index contributed by atoms with van der Waals surface area (Å²) in [7, 11) is 3.20. The van der Waals surface area contributed by atoms with Gasteiger partial charge in [0.1, 0.15) is 0 Å². The van der Waals surface area contributed by atoms with Crippen LogP contribution in [-0.4, -0.2) is 26.7 Å². The Kier molecular flexibility index (Phi) is 7.33. The number of hydrogen-bond donors (Lipinski definition) is 2. The van der Waals surface area contributed by atoms with Crippen LogP contribution < -0.4 is 20.1 Å². The van der Waals surface area contributed by atoms with E-state index < -0.39 is 0 Å². The normalized spacial score (nSPS) is 10.3. The Morgan fingerprint density at radius 2 is 1.85 bits per heavy atom. The lowest BCUT2D eigenvalue weighted by atomic mass is 10.1. The van der Waals surface area contributed by atoms with Gasteiger partial charge in [0.25, 0.3) is 0 Å². The summed E-state index contributed by atoms with van der Waals surface area (Å²) in [6, 6.07) is 11.9. The van der Waals surface area contributed by atoms with Gasteiger partial charge in [0.05, 0.1) is 14.2 Å². The number of ether oxygens (including phenoxy) is 2. The molecule has 5 nitrogen and oxygen atoms in total. The standard InChI is InChI=1S/C21H28N2O3/c1-5-17-8-6-7-15(2)21(17)22-12-11-20(24)23-14-16-9-10-18(25-3)19(13-16)26-4/h6-10,13,22H,5,11-12,14H2,1-4H3,(H,23,24). The number of nitrogens with one attached hydrogen (secondary N) is 2. The first-order valence-electron chi connectivity index (χ1n) is 8.89. The van der Waals surface area contributed by atoms with Crippen LogP contribution in [0, 0.1) is 6.92 Å². The molecule has 2 aromatic carbocycles. The number of carbonyl (C=O) groups is 1. The SMILES string of the molecule is CCc1cccc(C)c1NCCC(=O)NCc1ccc(OC)c(OC)c1. The van der Waals surface area contributed by atoms with Crippen LogP contribution in [0.15, 0.2) is 36.4 Å². The number of anilines is 1. The van der Waals surface area contributed by atoms with Crippen molar-refractivity contribution in [3.05, 3.63) is 53.1 Å². The molecule has 0 spiro atoms. The predicted molar refractivity (Wildman–Crippen MR) is 105 cm³/mol. The van der Waals surface area contributed by atoms with Crippen molar-refractivity contribution in [3.63, 3.8) is 0 Å². The number of carbonyl (C=O) groups excluding carboxylic acids is 1. The third-order valence-corrected chi connectivity index (χ3v) is 4.33. The second-order valence-corrected chi connectivity index (χ2v) is 6.11. The fourth-order valence-corrected chi connectivity index (χ4v) is 2.86. The van der Waals surface area contributed by atoms with Crippen LogP contribution in [0.3, 0.4) is 0 Å². The lowest BCUT2D eigenvalue weighted by Crippen LogP contribution is -2.25. The second-order valence-electron chi connectivity index (χ2n) is 6.11. The van der Waals surface area contributed by atoms with Gasteiger partial charge in [-0.25, -0.2) is 0 Å². The van der Waals surface area contributed by atoms with Gasteiger partial charge in [0.2, 0.25) is 5.91 Å². The molecular weight excluding hydrogens is 328 g/mol. The zero-order valence-electron chi connectivity index (χ0n) is 16.0. The lowest BCUT2D eigenvalue weighted by molar-refractivity contribution is -0.121. The van der Waals surface area contributed by atoms with Crippen molar-refractivity contribution in [1.82, 2.24) is 5.32 Å². The Bertz CT molecular complexity index is 744. The van der Waals surface area contributed by atoms with Crippen LogP contribution in [0.1, 0.15) is 30.0 Å². The van der Waals surface area contributed by atoms with Gasteiger partial charge >= 0.3 is 0 Å². The quantitative estimate of drug-likeness (QED) is 0.719. The average Bonchev–Trinajstić information content (AvgIpc) is 2.67. The summed E-state index contributed by atoms with van der Waals surface area (Å²) in [5, 5.41) is 6.34. The van der Waals surface area contributed by atoms with Crippen LogP contribution in [0.25, 0.3) is 0 Å². The molecule has 2 N–H and O–H groups in total. The van der Waals surface area contributed by atoms with Gasteiger partial charge < -0.3 is 20.1 Å². The van der Waals surface area contributed by atoms with Crippen LogP contribution in [0.2, 0.25) is 0 Å². The first kappa shape index (κ1) is 19.6. The molecule has 0 radical (unpaired) electrons. The molecule has 0 saturated heterocycles. The van der Waals surface area contributed by atoms with E-state index >= 15 is 0 Å². The summed E-state index contributed by atoms with van der Waals surface area (Å²) in [6.07, 6.45) is 1.39. The fourth-order valence-electron chi connectivity index (χ4n) is 2.86. The minimum Gasteiger partial charge on any atom is -0.493 e. The Morgan fingerprint density at radius 1 is 1.08 bits per heavy atom. The van der Waals surface area contributed by atoms with E-state index in [1.54, 1.807) is 14.2 Å². The Balaban J connectivity index is 1.83. The Labute approximate surface area is 155 Å². The van der Waals surface area contributed by atoms with E-state index in [9.17, 15) is 4.79 Å². The molecule has 0 fully saturated rings. The summed E-state index contributed by atoms with van der Waals surface area (Å²) in [5.74, 6) is 1.35. The topological polar surface area (TPSA) is 59.6 Å². The largest absolute Gasteiger partial charge is 0.493 e. The number of methoxy groups -OCH3 is 2. The predicted octanol–water partition coefficient (Wildman–Crippen LogP) is 3.69.